The molecule has 2 aliphatic rings. The smallest absolute Gasteiger partial charge is 0.335 e. The van der Waals surface area contributed by atoms with Crippen LogP contribution in [0.2, 0.25) is 0 Å². The lowest BCUT2D eigenvalue weighted by molar-refractivity contribution is 0.0696. The van der Waals surface area contributed by atoms with E-state index in [9.17, 15) is 9.59 Å². The van der Waals surface area contributed by atoms with E-state index in [2.05, 4.69) is 5.32 Å². The van der Waals surface area contributed by atoms with Crippen LogP contribution < -0.4 is 5.32 Å². The van der Waals surface area contributed by atoms with Gasteiger partial charge in [-0.1, -0.05) is 6.07 Å². The van der Waals surface area contributed by atoms with Gasteiger partial charge in [0.05, 0.1) is 5.56 Å². The van der Waals surface area contributed by atoms with Gasteiger partial charge in [0.15, 0.2) is 0 Å². The predicted octanol–water partition coefficient (Wildman–Crippen LogP) is 2.21. The van der Waals surface area contributed by atoms with Gasteiger partial charge in [0.2, 0.25) is 0 Å². The van der Waals surface area contributed by atoms with E-state index in [0.29, 0.717) is 19.0 Å². The Morgan fingerprint density at radius 2 is 2.00 bits per heavy atom. The average Bonchev–Trinajstić information content (AvgIpc) is 3.17. The van der Waals surface area contributed by atoms with Gasteiger partial charge in [-0.05, 0) is 48.9 Å². The molecule has 0 radical (unpaired) electrons. The van der Waals surface area contributed by atoms with Gasteiger partial charge in [0.1, 0.15) is 0 Å². The van der Waals surface area contributed by atoms with Gasteiger partial charge >= 0.3 is 12.0 Å². The zero-order chi connectivity index (χ0) is 14.3. The summed E-state index contributed by atoms with van der Waals surface area (Å²) >= 11 is 0. The lowest BCUT2D eigenvalue weighted by atomic mass is 10.1. The van der Waals surface area contributed by atoms with Gasteiger partial charge in [-0.15, -0.1) is 0 Å². The third-order valence-corrected chi connectivity index (χ3v) is 4.14. The van der Waals surface area contributed by atoms with Crippen molar-refractivity contribution in [1.82, 2.24) is 10.2 Å². The maximum Gasteiger partial charge on any atom is 0.335 e. The number of urea groups is 1. The van der Waals surface area contributed by atoms with Crippen LogP contribution in [0, 0.1) is 5.92 Å². The number of rotatable bonds is 3. The van der Waals surface area contributed by atoms with E-state index >= 15 is 0 Å². The fraction of sp³-hybridized carbons (Fsp3) is 0.467. The SMILES string of the molecule is CC(NC(=O)N1Cc2ccc(C(=O)O)cc2C1)C1CC1. The third-order valence-electron chi connectivity index (χ3n) is 4.14. The number of hydrogen-bond acceptors (Lipinski definition) is 2. The van der Waals surface area contributed by atoms with Crippen LogP contribution >= 0.6 is 0 Å². The molecule has 1 atom stereocenters. The molecular formula is C15H18N2O3. The number of hydrogen-bond donors (Lipinski definition) is 2. The standard InChI is InChI=1S/C15H18N2O3/c1-9(10-2-3-10)16-15(20)17-7-12-5-4-11(14(18)19)6-13(12)8-17/h4-6,9-10H,2-3,7-8H2,1H3,(H,16,20)(H,18,19). The molecule has 3 rings (SSSR count). The molecule has 5 nitrogen and oxygen atoms in total. The van der Waals surface area contributed by atoms with Crippen molar-refractivity contribution in [3.63, 3.8) is 0 Å². The first-order chi connectivity index (χ1) is 9.54. The van der Waals surface area contributed by atoms with Gasteiger partial charge in [-0.3, -0.25) is 0 Å². The molecule has 1 aliphatic carbocycles. The highest BCUT2D eigenvalue weighted by Crippen LogP contribution is 2.32. The molecule has 5 heteroatoms. The molecule has 1 saturated carbocycles. The van der Waals surface area contributed by atoms with Crippen molar-refractivity contribution in [2.75, 3.05) is 0 Å². The lowest BCUT2D eigenvalue weighted by Gasteiger charge is -2.20. The Morgan fingerprint density at radius 3 is 2.65 bits per heavy atom. The summed E-state index contributed by atoms with van der Waals surface area (Å²) in [5, 5.41) is 12.0. The summed E-state index contributed by atoms with van der Waals surface area (Å²) in [6, 6.07) is 5.22. The van der Waals surface area contributed by atoms with Crippen molar-refractivity contribution < 1.29 is 14.7 Å². The maximum atomic E-state index is 12.2. The molecule has 0 aromatic heterocycles. The van der Waals surface area contributed by atoms with E-state index in [0.717, 1.165) is 11.1 Å². The summed E-state index contributed by atoms with van der Waals surface area (Å²) in [4.78, 5) is 24.9. The first kappa shape index (κ1) is 13.0. The molecule has 1 aromatic rings. The van der Waals surface area contributed by atoms with Crippen LogP contribution in [-0.4, -0.2) is 28.0 Å². The number of carbonyl (C=O) groups excluding carboxylic acids is 1. The summed E-state index contributed by atoms with van der Waals surface area (Å²) in [7, 11) is 0. The second-order valence-corrected chi connectivity index (χ2v) is 5.72. The van der Waals surface area contributed by atoms with Crippen LogP contribution in [-0.2, 0) is 13.1 Å². The first-order valence-corrected chi connectivity index (χ1v) is 6.95. The highest BCUT2D eigenvalue weighted by molar-refractivity contribution is 5.88. The van der Waals surface area contributed by atoms with E-state index in [4.69, 9.17) is 5.11 Å². The van der Waals surface area contributed by atoms with Gasteiger partial charge in [-0.25, -0.2) is 9.59 Å². The van der Waals surface area contributed by atoms with Gasteiger partial charge < -0.3 is 15.3 Å². The van der Waals surface area contributed by atoms with Gasteiger partial charge in [0.25, 0.3) is 0 Å². The second kappa shape index (κ2) is 4.81. The maximum absolute atomic E-state index is 12.2. The molecule has 0 bridgehead atoms. The molecular weight excluding hydrogens is 256 g/mol. The Kier molecular flexibility index (Phi) is 3.12. The predicted molar refractivity (Wildman–Crippen MR) is 73.4 cm³/mol. The summed E-state index contributed by atoms with van der Waals surface area (Å²) in [5.74, 6) is -0.305. The van der Waals surface area contributed by atoms with Crippen LogP contribution in [0.3, 0.4) is 0 Å². The topological polar surface area (TPSA) is 69.6 Å². The number of aromatic carboxylic acids is 1. The molecule has 1 fully saturated rings. The second-order valence-electron chi connectivity index (χ2n) is 5.72. The number of benzene rings is 1. The molecule has 106 valence electrons. The number of carboxylic acid groups (broad SMARTS) is 1. The Labute approximate surface area is 117 Å². The van der Waals surface area contributed by atoms with E-state index < -0.39 is 5.97 Å². The van der Waals surface area contributed by atoms with E-state index in [1.165, 1.54) is 12.8 Å². The van der Waals surface area contributed by atoms with Crippen molar-refractivity contribution in [2.45, 2.75) is 38.9 Å². The molecule has 0 saturated heterocycles. The number of nitrogens with zero attached hydrogens (tertiary/aromatic N) is 1. The van der Waals surface area contributed by atoms with Crippen molar-refractivity contribution >= 4 is 12.0 Å². The number of carbonyl (C=O) groups is 2. The molecule has 20 heavy (non-hydrogen) atoms. The van der Waals surface area contributed by atoms with E-state index in [-0.39, 0.29) is 17.6 Å². The fourth-order valence-electron chi connectivity index (χ4n) is 2.67. The highest BCUT2D eigenvalue weighted by atomic mass is 16.4. The third kappa shape index (κ3) is 2.48. The van der Waals surface area contributed by atoms with Crippen molar-refractivity contribution in [3.05, 3.63) is 34.9 Å². The van der Waals surface area contributed by atoms with Crippen LogP contribution in [0.1, 0.15) is 41.3 Å². The van der Waals surface area contributed by atoms with Crippen LogP contribution in [0.4, 0.5) is 4.79 Å². The minimum atomic E-state index is -0.932. The number of nitrogens with one attached hydrogen (secondary N) is 1. The molecule has 2 N–H and O–H groups in total. The van der Waals surface area contributed by atoms with E-state index in [1.54, 1.807) is 23.1 Å². The van der Waals surface area contributed by atoms with Crippen molar-refractivity contribution in [3.8, 4) is 0 Å². The number of carboxylic acids is 1. The van der Waals surface area contributed by atoms with Crippen LogP contribution in [0.5, 0.6) is 0 Å². The molecule has 1 unspecified atom stereocenters. The summed E-state index contributed by atoms with van der Waals surface area (Å²) in [5.41, 5.74) is 2.24. The minimum absolute atomic E-state index is 0.0579. The average molecular weight is 274 g/mol. The Bertz CT molecular complexity index is 566. The molecule has 1 aliphatic heterocycles. The van der Waals surface area contributed by atoms with E-state index in [1.807, 2.05) is 6.92 Å². The van der Waals surface area contributed by atoms with Crippen LogP contribution in [0.25, 0.3) is 0 Å². The minimum Gasteiger partial charge on any atom is -0.478 e. The zero-order valence-corrected chi connectivity index (χ0v) is 11.4. The number of amides is 2. The summed E-state index contributed by atoms with van der Waals surface area (Å²) in [6.07, 6.45) is 2.40. The highest BCUT2D eigenvalue weighted by Gasteiger charge is 2.31. The van der Waals surface area contributed by atoms with Gasteiger partial charge in [-0.2, -0.15) is 0 Å². The van der Waals surface area contributed by atoms with Crippen LogP contribution in [0.15, 0.2) is 18.2 Å². The van der Waals surface area contributed by atoms with Crippen molar-refractivity contribution in [2.24, 2.45) is 5.92 Å². The Morgan fingerprint density at radius 1 is 1.30 bits per heavy atom. The van der Waals surface area contributed by atoms with Gasteiger partial charge in [0, 0.05) is 19.1 Å². The molecule has 1 heterocycles. The Hall–Kier alpha value is -2.04. The summed E-state index contributed by atoms with van der Waals surface area (Å²) in [6.45, 7) is 3.08. The zero-order valence-electron chi connectivity index (χ0n) is 11.4. The fourth-order valence-corrected chi connectivity index (χ4v) is 2.67. The monoisotopic (exact) mass is 274 g/mol. The van der Waals surface area contributed by atoms with Crippen molar-refractivity contribution in [1.29, 1.82) is 0 Å². The lowest BCUT2D eigenvalue weighted by Crippen LogP contribution is -2.42. The largest absolute Gasteiger partial charge is 0.478 e. The normalized spacial score (nSPS) is 18.6. The molecule has 2 amide bonds. The molecule has 0 spiro atoms. The molecule has 1 aromatic carbocycles. The summed E-state index contributed by atoms with van der Waals surface area (Å²) < 4.78 is 0. The quantitative estimate of drug-likeness (QED) is 0.887. The number of fused-ring (bicyclic) bond motifs is 1. The Balaban J connectivity index is 1.66. The first-order valence-electron chi connectivity index (χ1n) is 6.95.